The second-order valence-electron chi connectivity index (χ2n) is 7.48. The Morgan fingerprint density at radius 1 is 1.00 bits per heavy atom. The van der Waals surface area contributed by atoms with E-state index < -0.39 is 10.5 Å². The Labute approximate surface area is 209 Å². The first-order valence-electron chi connectivity index (χ1n) is 11.0. The first-order valence-corrected chi connectivity index (χ1v) is 12.0. The summed E-state index contributed by atoms with van der Waals surface area (Å²) in [7, 11) is -1.39. The molecule has 13 heteroatoms. The summed E-state index contributed by atoms with van der Waals surface area (Å²) in [6.45, 7) is 3.71. The maximum Gasteiger partial charge on any atom is 0.318 e. The molecule has 0 fully saturated rings. The highest BCUT2D eigenvalue weighted by molar-refractivity contribution is 7.61. The van der Waals surface area contributed by atoms with E-state index >= 15 is 0 Å². The normalized spacial score (nSPS) is 10.6. The molecule has 0 saturated heterocycles. The van der Waals surface area contributed by atoms with E-state index in [1.807, 2.05) is 0 Å². The lowest BCUT2D eigenvalue weighted by Gasteiger charge is -2.15. The highest BCUT2D eigenvalue weighted by atomic mass is 32.2. The van der Waals surface area contributed by atoms with Crippen LogP contribution in [0, 0.1) is 0 Å². The Morgan fingerprint density at radius 2 is 1.72 bits per heavy atom. The van der Waals surface area contributed by atoms with Gasteiger partial charge in [0.25, 0.3) is 5.88 Å². The van der Waals surface area contributed by atoms with E-state index in [9.17, 15) is 13.2 Å². The maximum absolute atomic E-state index is 11.8. The van der Waals surface area contributed by atoms with Crippen LogP contribution < -0.4 is 14.2 Å². The number of hydrogen-bond acceptors (Lipinski definition) is 12. The van der Waals surface area contributed by atoms with Gasteiger partial charge < -0.3 is 18.9 Å². The van der Waals surface area contributed by atoms with Gasteiger partial charge in [-0.05, 0) is 44.9 Å². The van der Waals surface area contributed by atoms with Crippen LogP contribution in [0.25, 0.3) is 11.6 Å². The molecule has 0 aliphatic carbocycles. The second-order valence-corrected chi connectivity index (χ2v) is 8.10. The summed E-state index contributed by atoms with van der Waals surface area (Å²) in [6, 6.07) is 8.36. The van der Waals surface area contributed by atoms with Crippen molar-refractivity contribution in [2.45, 2.75) is 39.2 Å². The highest BCUT2D eigenvalue weighted by Crippen LogP contribution is 2.41. The number of carbonyl (C=O) groups excluding carboxylic acids is 1. The number of aromatic nitrogens is 4. The smallest absolute Gasteiger partial charge is 0.318 e. The Kier molecular flexibility index (Phi) is 9.63. The number of ether oxygens (including phenoxy) is 4. The van der Waals surface area contributed by atoms with Crippen molar-refractivity contribution in [2.24, 2.45) is 4.36 Å². The molecule has 2 aromatic heterocycles. The Bertz CT molecular complexity index is 1310. The lowest BCUT2D eigenvalue weighted by Crippen LogP contribution is -2.11. The zero-order chi connectivity index (χ0) is 25.9. The number of methoxy groups -OCH3 is 1. The van der Waals surface area contributed by atoms with Crippen molar-refractivity contribution < 1.29 is 32.2 Å². The van der Waals surface area contributed by atoms with E-state index in [4.69, 9.17) is 18.9 Å². The van der Waals surface area contributed by atoms with Crippen LogP contribution in [0.5, 0.6) is 23.1 Å². The lowest BCUT2D eigenvalue weighted by molar-refractivity contribution is -0.147. The van der Waals surface area contributed by atoms with Gasteiger partial charge in [0.15, 0.2) is 17.3 Å². The van der Waals surface area contributed by atoms with Crippen LogP contribution in [0.1, 0.15) is 33.1 Å². The first-order chi connectivity index (χ1) is 17.4. The van der Waals surface area contributed by atoms with Gasteiger partial charge in [0.2, 0.25) is 17.4 Å². The molecule has 190 valence electrons. The fraction of sp³-hybridized carbons (Fsp3) is 0.348. The zero-order valence-corrected chi connectivity index (χ0v) is 20.8. The van der Waals surface area contributed by atoms with Crippen LogP contribution in [-0.4, -0.2) is 54.1 Å². The van der Waals surface area contributed by atoms with Crippen molar-refractivity contribution >= 4 is 22.3 Å². The van der Waals surface area contributed by atoms with Crippen LogP contribution in [0.4, 0.5) is 5.82 Å². The van der Waals surface area contributed by atoms with Gasteiger partial charge >= 0.3 is 16.5 Å². The minimum Gasteiger partial charge on any atom is -0.493 e. The van der Waals surface area contributed by atoms with Crippen LogP contribution in [0.2, 0.25) is 0 Å². The summed E-state index contributed by atoms with van der Waals surface area (Å²) in [4.78, 5) is 28.5. The molecule has 0 radical (unpaired) electrons. The fourth-order valence-corrected chi connectivity index (χ4v) is 3.19. The molecule has 0 N–H and O–H groups in total. The molecule has 0 spiro atoms. The van der Waals surface area contributed by atoms with Crippen molar-refractivity contribution in [1.29, 1.82) is 0 Å². The number of hydrogen-bond donors (Lipinski definition) is 0. The minimum atomic E-state index is -2.86. The quantitative estimate of drug-likeness (QED) is 0.255. The number of nitrogens with zero attached hydrogens (tertiary/aromatic N) is 5. The largest absolute Gasteiger partial charge is 0.493 e. The molecule has 0 saturated carbocycles. The molecule has 3 rings (SSSR count). The van der Waals surface area contributed by atoms with E-state index in [2.05, 4.69) is 24.3 Å². The average molecular weight is 516 g/mol. The fourth-order valence-electron chi connectivity index (χ4n) is 2.93. The third-order valence-electron chi connectivity index (χ3n) is 4.41. The molecule has 0 unspecified atom stereocenters. The van der Waals surface area contributed by atoms with Gasteiger partial charge in [-0.25, -0.2) is 15.0 Å². The van der Waals surface area contributed by atoms with Crippen molar-refractivity contribution in [2.75, 3.05) is 13.7 Å². The number of esters is 1. The van der Waals surface area contributed by atoms with Gasteiger partial charge in [-0.15, -0.1) is 4.36 Å². The monoisotopic (exact) mass is 515 g/mol. The van der Waals surface area contributed by atoms with Gasteiger partial charge in [-0.1, -0.05) is 12.1 Å². The molecule has 0 bridgehead atoms. The molecular formula is C23H25N5O7S. The van der Waals surface area contributed by atoms with Gasteiger partial charge in [-0.3, -0.25) is 4.79 Å². The first kappa shape index (κ1) is 26.5. The van der Waals surface area contributed by atoms with E-state index in [0.717, 1.165) is 0 Å². The zero-order valence-electron chi connectivity index (χ0n) is 19.9. The Hall–Kier alpha value is -4.13. The molecule has 0 aliphatic heterocycles. The number of unbranched alkanes of at least 4 members (excludes halogenated alkanes) is 1. The Morgan fingerprint density at radius 3 is 2.39 bits per heavy atom. The summed E-state index contributed by atoms with van der Waals surface area (Å²) in [5.41, 5.74) is 0. The average Bonchev–Trinajstić information content (AvgIpc) is 2.85. The predicted molar refractivity (Wildman–Crippen MR) is 128 cm³/mol. The maximum atomic E-state index is 11.8. The summed E-state index contributed by atoms with van der Waals surface area (Å²) in [5, 5.41) is 0. The minimum absolute atomic E-state index is 0.0114. The van der Waals surface area contributed by atoms with Crippen molar-refractivity contribution in [3.8, 4) is 34.8 Å². The predicted octanol–water partition coefficient (Wildman–Crippen LogP) is 3.93. The third-order valence-corrected chi connectivity index (χ3v) is 4.73. The van der Waals surface area contributed by atoms with Gasteiger partial charge in [0, 0.05) is 18.8 Å². The van der Waals surface area contributed by atoms with Crippen molar-refractivity contribution in [3.63, 3.8) is 0 Å². The standard InChI is InChI=1S/C23H25N5O7S/c1-15(2)34-18(29)11-6-7-14-33-23-19(35-17-10-5-4-9-16(17)32-3)20(28-36(30)31)26-22(27-23)21-24-12-8-13-25-21/h4-5,8-10,12-13,15H,6-7,11,14H2,1-3H3. The second kappa shape index (κ2) is 13.1. The van der Waals surface area contributed by atoms with Crippen LogP contribution in [0.3, 0.4) is 0 Å². The van der Waals surface area contributed by atoms with E-state index in [-0.39, 0.29) is 59.9 Å². The number of para-hydroxylation sites is 2. The third kappa shape index (κ3) is 7.70. The van der Waals surface area contributed by atoms with E-state index in [1.54, 1.807) is 44.2 Å². The van der Waals surface area contributed by atoms with Gasteiger partial charge in [-0.2, -0.15) is 13.4 Å². The Balaban J connectivity index is 1.94. The molecule has 2 heterocycles. The topological polar surface area (TPSA) is 152 Å². The van der Waals surface area contributed by atoms with Gasteiger partial charge in [0.1, 0.15) is 0 Å². The summed E-state index contributed by atoms with van der Waals surface area (Å²) >= 11 is 0. The van der Waals surface area contributed by atoms with Crippen molar-refractivity contribution in [3.05, 3.63) is 42.7 Å². The van der Waals surface area contributed by atoms with Crippen LogP contribution in [-0.2, 0) is 20.0 Å². The summed E-state index contributed by atoms with van der Waals surface area (Å²) in [5.74, 6) is -0.0381. The molecule has 1 aromatic carbocycles. The molecule has 0 atom stereocenters. The number of rotatable bonds is 12. The van der Waals surface area contributed by atoms with Crippen molar-refractivity contribution in [1.82, 2.24) is 19.9 Å². The highest BCUT2D eigenvalue weighted by Gasteiger charge is 2.22. The molecular weight excluding hydrogens is 490 g/mol. The number of benzene rings is 1. The van der Waals surface area contributed by atoms with E-state index in [1.165, 1.54) is 19.5 Å². The van der Waals surface area contributed by atoms with Crippen LogP contribution >= 0.6 is 0 Å². The van der Waals surface area contributed by atoms with Gasteiger partial charge in [0.05, 0.1) is 19.8 Å². The van der Waals surface area contributed by atoms with E-state index in [0.29, 0.717) is 18.6 Å². The summed E-state index contributed by atoms with van der Waals surface area (Å²) in [6.07, 6.45) is 4.03. The molecule has 0 amide bonds. The molecule has 36 heavy (non-hydrogen) atoms. The SMILES string of the molecule is COc1ccccc1Oc1c(N=S(=O)=O)nc(-c2ncccn2)nc1OCCCCC(=O)OC(C)C. The lowest BCUT2D eigenvalue weighted by atomic mass is 10.2. The number of carbonyl (C=O) groups is 1. The molecule has 0 aliphatic rings. The van der Waals surface area contributed by atoms with Crippen LogP contribution in [0.15, 0.2) is 47.1 Å². The molecule has 12 nitrogen and oxygen atoms in total. The molecule has 3 aromatic rings. The summed E-state index contributed by atoms with van der Waals surface area (Å²) < 4.78 is 48.7.